The number of carbonyl (C=O) groups excluding carboxylic acids is 3. The number of nitrogens with one attached hydrogen (secondary N) is 2. The van der Waals surface area contributed by atoms with Crippen LogP contribution in [0.5, 0.6) is 0 Å². The predicted molar refractivity (Wildman–Crippen MR) is 68.2 cm³/mol. The minimum atomic E-state index is -0.729. The van der Waals surface area contributed by atoms with Crippen LogP contribution in [0.1, 0.15) is 25.7 Å². The van der Waals surface area contributed by atoms with E-state index < -0.39 is 4.75 Å². The van der Waals surface area contributed by atoms with Crippen LogP contribution in [-0.4, -0.2) is 40.8 Å². The first-order valence-corrected chi connectivity index (χ1v) is 7.03. The third kappa shape index (κ3) is 2.19. The number of thioether (sulfide) groups is 1. The lowest BCUT2D eigenvalue weighted by molar-refractivity contribution is -0.121. The molecule has 2 fully saturated rings. The number of amides is 3. The summed E-state index contributed by atoms with van der Waals surface area (Å²) in [5.41, 5.74) is 5.54. The molecule has 3 amide bonds. The summed E-state index contributed by atoms with van der Waals surface area (Å²) >= 11 is 1.51. The van der Waals surface area contributed by atoms with E-state index in [0.717, 1.165) is 19.1 Å². The van der Waals surface area contributed by atoms with E-state index in [1.165, 1.54) is 11.8 Å². The Morgan fingerprint density at radius 1 is 1.50 bits per heavy atom. The van der Waals surface area contributed by atoms with Gasteiger partial charge in [0, 0.05) is 12.2 Å². The second-order valence-electron chi connectivity index (χ2n) is 4.68. The molecule has 2 aliphatic heterocycles. The molecule has 0 aromatic rings. The van der Waals surface area contributed by atoms with E-state index in [4.69, 9.17) is 5.73 Å². The molecular weight excluding hydrogens is 254 g/mol. The average molecular weight is 271 g/mol. The van der Waals surface area contributed by atoms with Crippen molar-refractivity contribution < 1.29 is 14.4 Å². The van der Waals surface area contributed by atoms with Crippen LogP contribution in [0.25, 0.3) is 0 Å². The maximum Gasteiger partial charge on any atom is 0.315 e. The van der Waals surface area contributed by atoms with Gasteiger partial charge in [-0.25, -0.2) is 4.79 Å². The Hall–Kier alpha value is -1.24. The van der Waals surface area contributed by atoms with E-state index in [1.54, 1.807) is 0 Å². The first kappa shape index (κ1) is 13.2. The highest BCUT2D eigenvalue weighted by molar-refractivity contribution is 8.01. The van der Waals surface area contributed by atoms with Crippen LogP contribution in [0.15, 0.2) is 0 Å². The second-order valence-corrected chi connectivity index (χ2v) is 6.03. The Balaban J connectivity index is 2.05. The number of hydrogen-bond donors (Lipinski definition) is 3. The van der Waals surface area contributed by atoms with E-state index in [2.05, 4.69) is 10.6 Å². The van der Waals surface area contributed by atoms with Crippen molar-refractivity contribution >= 4 is 30.0 Å². The summed E-state index contributed by atoms with van der Waals surface area (Å²) < 4.78 is -0.729. The standard InChI is InChI=1S/C11H17N3O3S/c12-9(16)11(4-2-1-3-5-15)8-7(6-18-11)13-10(17)14-8/h5,7-8H,1-4,6H2,(H2,12,16)(H2,13,14,17)/t7-,8-,11-/m0/s1. The van der Waals surface area contributed by atoms with Gasteiger partial charge in [-0.15, -0.1) is 11.8 Å². The summed E-state index contributed by atoms with van der Waals surface area (Å²) in [7, 11) is 0. The van der Waals surface area contributed by atoms with Gasteiger partial charge in [0.25, 0.3) is 0 Å². The van der Waals surface area contributed by atoms with Gasteiger partial charge in [0.1, 0.15) is 11.0 Å². The Kier molecular flexibility index (Phi) is 3.79. The first-order valence-electron chi connectivity index (χ1n) is 6.04. The van der Waals surface area contributed by atoms with Crippen LogP contribution in [0, 0.1) is 0 Å². The lowest BCUT2D eigenvalue weighted by Gasteiger charge is -2.30. The summed E-state index contributed by atoms with van der Waals surface area (Å²) in [6.45, 7) is 0. The van der Waals surface area contributed by atoms with E-state index >= 15 is 0 Å². The van der Waals surface area contributed by atoms with Crippen LogP contribution in [0.3, 0.4) is 0 Å². The van der Waals surface area contributed by atoms with Gasteiger partial charge in [-0.3, -0.25) is 4.79 Å². The second kappa shape index (κ2) is 5.17. The Bertz CT molecular complexity index is 377. The Labute approximate surface area is 109 Å². The van der Waals surface area contributed by atoms with Crippen molar-refractivity contribution in [3.63, 3.8) is 0 Å². The van der Waals surface area contributed by atoms with Crippen molar-refractivity contribution in [2.45, 2.75) is 42.5 Å². The van der Waals surface area contributed by atoms with Gasteiger partial charge < -0.3 is 21.2 Å². The van der Waals surface area contributed by atoms with Crippen molar-refractivity contribution in [2.75, 3.05) is 5.75 Å². The molecule has 0 radical (unpaired) electrons. The largest absolute Gasteiger partial charge is 0.368 e. The SMILES string of the molecule is NC(=O)[C@@]1(CCCCC=O)SC[C@@H]2NC(=O)N[C@@H]21. The molecule has 0 unspecified atom stereocenters. The quantitative estimate of drug-likeness (QED) is 0.353. The molecule has 100 valence electrons. The highest BCUT2D eigenvalue weighted by atomic mass is 32.2. The molecule has 0 aromatic heterocycles. The minimum Gasteiger partial charge on any atom is -0.368 e. The van der Waals surface area contributed by atoms with Crippen molar-refractivity contribution in [2.24, 2.45) is 5.73 Å². The van der Waals surface area contributed by atoms with Gasteiger partial charge in [-0.1, -0.05) is 6.42 Å². The van der Waals surface area contributed by atoms with Crippen molar-refractivity contribution in [3.8, 4) is 0 Å². The third-order valence-corrected chi connectivity index (χ3v) is 5.27. The highest BCUT2D eigenvalue weighted by Crippen LogP contribution is 2.43. The molecule has 2 rings (SSSR count). The molecule has 2 heterocycles. The molecule has 0 aromatic carbocycles. The predicted octanol–water partition coefficient (Wildman–Crippen LogP) is -0.233. The van der Waals surface area contributed by atoms with E-state index in [9.17, 15) is 14.4 Å². The van der Waals surface area contributed by atoms with Crippen LogP contribution in [0.4, 0.5) is 4.79 Å². The smallest absolute Gasteiger partial charge is 0.315 e. The number of nitrogens with two attached hydrogens (primary N) is 1. The zero-order valence-electron chi connectivity index (χ0n) is 9.98. The van der Waals surface area contributed by atoms with E-state index in [1.807, 2.05) is 0 Å². The Morgan fingerprint density at radius 2 is 2.28 bits per heavy atom. The zero-order chi connectivity index (χ0) is 13.2. The molecule has 2 aliphatic rings. The maximum absolute atomic E-state index is 11.8. The fourth-order valence-corrected chi connectivity index (χ4v) is 4.22. The summed E-state index contributed by atoms with van der Waals surface area (Å²) in [5, 5.41) is 5.58. The van der Waals surface area contributed by atoms with Crippen LogP contribution in [0.2, 0.25) is 0 Å². The number of hydrogen-bond acceptors (Lipinski definition) is 4. The number of unbranched alkanes of at least 4 members (excludes halogenated alkanes) is 2. The molecule has 0 bridgehead atoms. The molecular formula is C11H17N3O3S. The van der Waals surface area contributed by atoms with Crippen LogP contribution >= 0.6 is 11.8 Å². The van der Waals surface area contributed by atoms with Crippen LogP contribution in [-0.2, 0) is 9.59 Å². The summed E-state index contributed by atoms with van der Waals surface area (Å²) in [4.78, 5) is 33.4. The van der Waals surface area contributed by atoms with E-state index in [0.29, 0.717) is 18.6 Å². The Morgan fingerprint density at radius 3 is 2.94 bits per heavy atom. The molecule has 3 atom stereocenters. The lowest BCUT2D eigenvalue weighted by Crippen LogP contribution is -2.54. The molecule has 0 aliphatic carbocycles. The first-order chi connectivity index (χ1) is 8.60. The maximum atomic E-state index is 11.8. The third-order valence-electron chi connectivity index (χ3n) is 3.57. The summed E-state index contributed by atoms with van der Waals surface area (Å²) in [6, 6.07) is -0.492. The highest BCUT2D eigenvalue weighted by Gasteiger charge is 2.56. The van der Waals surface area contributed by atoms with Gasteiger partial charge in [0.15, 0.2) is 0 Å². The lowest BCUT2D eigenvalue weighted by atomic mass is 9.89. The van der Waals surface area contributed by atoms with E-state index in [-0.39, 0.29) is 24.0 Å². The molecule has 2 saturated heterocycles. The van der Waals surface area contributed by atoms with Gasteiger partial charge >= 0.3 is 6.03 Å². The monoisotopic (exact) mass is 271 g/mol. The molecule has 0 spiro atoms. The molecule has 18 heavy (non-hydrogen) atoms. The minimum absolute atomic E-state index is 0.0268. The molecule has 4 N–H and O–H groups in total. The van der Waals surface area contributed by atoms with Crippen LogP contribution < -0.4 is 16.4 Å². The molecule has 0 saturated carbocycles. The average Bonchev–Trinajstić information content (AvgIpc) is 2.83. The van der Waals surface area contributed by atoms with Crippen molar-refractivity contribution in [1.29, 1.82) is 0 Å². The summed E-state index contributed by atoms with van der Waals surface area (Å²) in [5.74, 6) is 0.315. The summed E-state index contributed by atoms with van der Waals surface area (Å²) in [6.07, 6.45) is 3.48. The number of rotatable bonds is 6. The van der Waals surface area contributed by atoms with Crippen molar-refractivity contribution in [1.82, 2.24) is 10.6 Å². The van der Waals surface area contributed by atoms with Crippen molar-refractivity contribution in [3.05, 3.63) is 0 Å². The molecule has 6 nitrogen and oxygen atoms in total. The van der Waals surface area contributed by atoms with Gasteiger partial charge in [0.2, 0.25) is 5.91 Å². The number of carbonyl (C=O) groups is 3. The fraction of sp³-hybridized carbons (Fsp3) is 0.727. The van der Waals surface area contributed by atoms with Gasteiger partial charge in [0.05, 0.1) is 12.1 Å². The normalized spacial score (nSPS) is 33.7. The topological polar surface area (TPSA) is 101 Å². The van der Waals surface area contributed by atoms with Gasteiger partial charge in [-0.05, 0) is 12.8 Å². The molecule has 7 heteroatoms. The number of urea groups is 1. The zero-order valence-corrected chi connectivity index (χ0v) is 10.8. The number of aldehydes is 1. The van der Waals surface area contributed by atoms with Gasteiger partial charge in [-0.2, -0.15) is 0 Å². The number of primary amides is 1. The fourth-order valence-electron chi connectivity index (χ4n) is 2.63. The number of fused-ring (bicyclic) bond motifs is 1.